The van der Waals surface area contributed by atoms with Gasteiger partial charge in [-0.1, -0.05) is 0 Å². The van der Waals surface area contributed by atoms with Crippen LogP contribution in [0.25, 0.3) is 0 Å². The summed E-state index contributed by atoms with van der Waals surface area (Å²) in [5, 5.41) is 0. The minimum absolute atomic E-state index is 0.979. The van der Waals surface area contributed by atoms with Crippen LogP contribution in [-0.2, 0) is 0 Å². The van der Waals surface area contributed by atoms with Crippen molar-refractivity contribution >= 4 is 21.4 Å². The van der Waals surface area contributed by atoms with E-state index in [-0.39, 0.29) is 0 Å². The third-order valence-corrected chi connectivity index (χ3v) is 9.75. The number of allylic oxidation sites excluding steroid dienone is 2. The molecular weight excluding hydrogens is 199 g/mol. The summed E-state index contributed by atoms with van der Waals surface area (Å²) < 4.78 is 5.88. The Kier molecular flexibility index (Phi) is 2.24. The second-order valence-corrected chi connectivity index (χ2v) is 11.9. The standard InChI is InChI=1S/C4H4.C3H7.In/c1-3-4-2;1-3-2;/h1-4H;3H,1-2H3;. The van der Waals surface area contributed by atoms with E-state index >= 15 is 0 Å². The molecule has 0 atom stereocenters. The molecule has 0 fully saturated rings. The predicted octanol–water partition coefficient (Wildman–Crippen LogP) is 2.10. The van der Waals surface area contributed by atoms with Gasteiger partial charge in [0.05, 0.1) is 0 Å². The first-order valence-corrected chi connectivity index (χ1v) is 8.86. The summed E-state index contributed by atoms with van der Waals surface area (Å²) >= 11 is -1.14. The summed E-state index contributed by atoms with van der Waals surface area (Å²) in [6, 6.07) is 0. The molecule has 0 spiro atoms. The maximum absolute atomic E-state index is 2.45. The monoisotopic (exact) mass is 210 g/mol. The molecule has 0 aromatic rings. The fourth-order valence-electron chi connectivity index (χ4n) is 0.893. The third-order valence-electron chi connectivity index (χ3n) is 1.55. The fourth-order valence-corrected chi connectivity index (χ4v) is 5.99. The Labute approximate surface area is 58.8 Å². The van der Waals surface area contributed by atoms with Gasteiger partial charge in [0, 0.05) is 0 Å². The molecule has 0 unspecified atom stereocenters. The summed E-state index contributed by atoms with van der Waals surface area (Å²) in [5.41, 5.74) is 0. The molecule has 42 valence electrons. The molecule has 1 rings (SSSR count). The van der Waals surface area contributed by atoms with Gasteiger partial charge in [0.15, 0.2) is 0 Å². The normalized spacial score (nSPS) is 16.6. The Morgan fingerprint density at radius 3 is 1.88 bits per heavy atom. The van der Waals surface area contributed by atoms with Crippen LogP contribution in [0.5, 0.6) is 0 Å². The van der Waals surface area contributed by atoms with Gasteiger partial charge in [-0.3, -0.25) is 0 Å². The maximum atomic E-state index is 2.45. The predicted molar refractivity (Wildman–Crippen MR) is 39.1 cm³/mol. The van der Waals surface area contributed by atoms with Crippen LogP contribution in [0.2, 0.25) is 3.67 Å². The van der Waals surface area contributed by atoms with Gasteiger partial charge in [0.1, 0.15) is 0 Å². The molecule has 0 radical (unpaired) electrons. The minimum atomic E-state index is -1.14. The van der Waals surface area contributed by atoms with Crippen molar-refractivity contribution in [2.45, 2.75) is 17.5 Å². The summed E-state index contributed by atoms with van der Waals surface area (Å²) in [7, 11) is 0. The summed E-state index contributed by atoms with van der Waals surface area (Å²) in [6.45, 7) is 4.67. The number of hydrogen-bond acceptors (Lipinski definition) is 0. The van der Waals surface area contributed by atoms with E-state index in [0.717, 1.165) is 3.67 Å². The first kappa shape index (κ1) is 6.47. The van der Waals surface area contributed by atoms with Gasteiger partial charge in [-0.05, 0) is 0 Å². The van der Waals surface area contributed by atoms with Gasteiger partial charge in [-0.2, -0.15) is 0 Å². The molecule has 0 aromatic carbocycles. The Balaban J connectivity index is 2.49. The Hall–Kier alpha value is 0.350. The fraction of sp³-hybridized carbons (Fsp3) is 0.429. The zero-order chi connectivity index (χ0) is 5.98. The number of rotatable bonds is 1. The van der Waals surface area contributed by atoms with Crippen molar-refractivity contribution in [2.24, 2.45) is 0 Å². The van der Waals surface area contributed by atoms with Gasteiger partial charge >= 0.3 is 58.8 Å². The van der Waals surface area contributed by atoms with E-state index in [0.29, 0.717) is 0 Å². The number of hydrogen-bond donors (Lipinski definition) is 0. The Morgan fingerprint density at radius 2 is 1.62 bits per heavy atom. The van der Waals surface area contributed by atoms with Gasteiger partial charge in [-0.15, -0.1) is 0 Å². The van der Waals surface area contributed by atoms with Crippen LogP contribution in [-0.4, -0.2) is 21.4 Å². The molecule has 0 N–H and O–H groups in total. The van der Waals surface area contributed by atoms with Gasteiger partial charge < -0.3 is 0 Å². The molecule has 1 aliphatic heterocycles. The van der Waals surface area contributed by atoms with Crippen LogP contribution in [0.4, 0.5) is 0 Å². The van der Waals surface area contributed by atoms with Crippen molar-refractivity contribution in [1.29, 1.82) is 0 Å². The first-order chi connectivity index (χ1) is 3.80. The average Bonchev–Trinajstić information content (AvgIpc) is 2.12. The average molecular weight is 210 g/mol. The van der Waals surface area contributed by atoms with Crippen LogP contribution in [0.3, 0.4) is 0 Å². The second kappa shape index (κ2) is 2.77. The SMILES string of the molecule is C[CH](C)[In]1[CH]=CC=[CH]1. The van der Waals surface area contributed by atoms with Crippen molar-refractivity contribution in [3.05, 3.63) is 19.8 Å². The summed E-state index contributed by atoms with van der Waals surface area (Å²) in [4.78, 5) is 0. The van der Waals surface area contributed by atoms with E-state index in [2.05, 4.69) is 33.7 Å². The molecule has 1 aliphatic rings. The Bertz CT molecular complexity index is 110. The summed E-state index contributed by atoms with van der Waals surface area (Å²) in [5.74, 6) is 0. The molecule has 1 heterocycles. The second-order valence-electron chi connectivity index (χ2n) is 2.59. The van der Waals surface area contributed by atoms with Crippen LogP contribution < -0.4 is 0 Å². The van der Waals surface area contributed by atoms with E-state index < -0.39 is 21.4 Å². The van der Waals surface area contributed by atoms with Gasteiger partial charge in [-0.25, -0.2) is 0 Å². The van der Waals surface area contributed by atoms with Crippen LogP contribution >= 0.6 is 0 Å². The van der Waals surface area contributed by atoms with Crippen LogP contribution in [0.1, 0.15) is 13.8 Å². The van der Waals surface area contributed by atoms with Crippen molar-refractivity contribution in [1.82, 2.24) is 0 Å². The van der Waals surface area contributed by atoms with Crippen molar-refractivity contribution in [3.8, 4) is 0 Å². The zero-order valence-corrected chi connectivity index (χ0v) is 8.76. The molecule has 0 saturated carbocycles. The molecule has 0 amide bonds. The zero-order valence-electron chi connectivity index (χ0n) is 5.46. The van der Waals surface area contributed by atoms with Crippen molar-refractivity contribution < 1.29 is 0 Å². The van der Waals surface area contributed by atoms with Crippen molar-refractivity contribution in [3.63, 3.8) is 0 Å². The molecule has 8 heavy (non-hydrogen) atoms. The molecular formula is C7H11In. The quantitative estimate of drug-likeness (QED) is 0.621. The van der Waals surface area contributed by atoms with E-state index in [1.54, 1.807) is 0 Å². The summed E-state index contributed by atoms with van der Waals surface area (Å²) in [6.07, 6.45) is 4.42. The first-order valence-electron chi connectivity index (χ1n) is 3.15. The van der Waals surface area contributed by atoms with E-state index in [9.17, 15) is 0 Å². The molecule has 1 heteroatoms. The van der Waals surface area contributed by atoms with Gasteiger partial charge in [0.25, 0.3) is 0 Å². The van der Waals surface area contributed by atoms with Crippen LogP contribution in [0, 0.1) is 0 Å². The van der Waals surface area contributed by atoms with Crippen molar-refractivity contribution in [2.75, 3.05) is 0 Å². The van der Waals surface area contributed by atoms with Gasteiger partial charge in [0.2, 0.25) is 0 Å². The van der Waals surface area contributed by atoms with E-state index in [1.165, 1.54) is 0 Å². The molecule has 0 aromatic heterocycles. The molecule has 0 aliphatic carbocycles. The Morgan fingerprint density at radius 1 is 1.12 bits per heavy atom. The molecule has 0 bridgehead atoms. The topological polar surface area (TPSA) is 0 Å². The molecule has 0 saturated heterocycles. The van der Waals surface area contributed by atoms with E-state index in [1.807, 2.05) is 0 Å². The van der Waals surface area contributed by atoms with E-state index in [4.69, 9.17) is 0 Å². The van der Waals surface area contributed by atoms with Crippen LogP contribution in [0.15, 0.2) is 19.8 Å². The third kappa shape index (κ3) is 1.41. The molecule has 0 nitrogen and oxygen atoms in total.